The molecule has 3 heterocycles. The van der Waals surface area contributed by atoms with Crippen LogP contribution >= 0.6 is 0 Å². The molecule has 2 aromatic rings. The molecule has 3 rings (SSSR count). The third kappa shape index (κ3) is 2.44. The summed E-state index contributed by atoms with van der Waals surface area (Å²) in [4.78, 5) is 14.7. The molecule has 1 aliphatic heterocycles. The molecule has 21 heavy (non-hydrogen) atoms. The largest absolute Gasteiger partial charge is 0.377 e. The molecular formula is C14H18N4O3. The second-order valence-electron chi connectivity index (χ2n) is 5.02. The number of morpholine rings is 1. The SMILES string of the molecule is CCc1noc(C)c1C(=O)N1CCOC[C@@H]1c1ccn[nH]1. The topological polar surface area (TPSA) is 84.2 Å². The molecule has 1 N–H and O–H groups in total. The number of H-pyrrole nitrogens is 1. The lowest BCUT2D eigenvalue weighted by molar-refractivity contribution is -0.00405. The molecule has 1 saturated heterocycles. The van der Waals surface area contributed by atoms with Crippen molar-refractivity contribution in [2.75, 3.05) is 19.8 Å². The van der Waals surface area contributed by atoms with Gasteiger partial charge in [-0.15, -0.1) is 0 Å². The average molecular weight is 290 g/mol. The van der Waals surface area contributed by atoms with E-state index in [-0.39, 0.29) is 11.9 Å². The third-order valence-corrected chi connectivity index (χ3v) is 3.75. The van der Waals surface area contributed by atoms with Gasteiger partial charge in [0.2, 0.25) is 0 Å². The van der Waals surface area contributed by atoms with Crippen molar-refractivity contribution in [3.8, 4) is 0 Å². The van der Waals surface area contributed by atoms with Crippen LogP contribution in [0.3, 0.4) is 0 Å². The predicted molar refractivity (Wildman–Crippen MR) is 73.8 cm³/mol. The number of nitrogens with one attached hydrogen (secondary N) is 1. The van der Waals surface area contributed by atoms with Gasteiger partial charge in [0.15, 0.2) is 0 Å². The molecule has 0 aliphatic carbocycles. The van der Waals surface area contributed by atoms with Crippen LogP contribution < -0.4 is 0 Å². The van der Waals surface area contributed by atoms with Crippen LogP contribution in [0.25, 0.3) is 0 Å². The van der Waals surface area contributed by atoms with E-state index >= 15 is 0 Å². The lowest BCUT2D eigenvalue weighted by atomic mass is 10.1. The maximum atomic E-state index is 12.9. The van der Waals surface area contributed by atoms with Gasteiger partial charge in [0.1, 0.15) is 11.3 Å². The van der Waals surface area contributed by atoms with E-state index in [1.807, 2.05) is 13.0 Å². The summed E-state index contributed by atoms with van der Waals surface area (Å²) in [7, 11) is 0. The predicted octanol–water partition coefficient (Wildman–Crippen LogP) is 1.48. The Morgan fingerprint density at radius 3 is 3.14 bits per heavy atom. The first-order chi connectivity index (χ1) is 10.2. The van der Waals surface area contributed by atoms with Gasteiger partial charge >= 0.3 is 0 Å². The first-order valence-corrected chi connectivity index (χ1v) is 7.05. The highest BCUT2D eigenvalue weighted by molar-refractivity contribution is 5.96. The van der Waals surface area contributed by atoms with E-state index in [0.29, 0.717) is 43.2 Å². The molecule has 1 aliphatic rings. The number of ether oxygens (including phenoxy) is 1. The van der Waals surface area contributed by atoms with E-state index in [4.69, 9.17) is 9.26 Å². The minimum atomic E-state index is -0.159. The number of aromatic amines is 1. The number of nitrogens with zero attached hydrogens (tertiary/aromatic N) is 3. The van der Waals surface area contributed by atoms with E-state index in [1.54, 1.807) is 18.0 Å². The van der Waals surface area contributed by atoms with Crippen LogP contribution in [-0.2, 0) is 11.2 Å². The minimum absolute atomic E-state index is 0.0616. The Balaban J connectivity index is 1.93. The van der Waals surface area contributed by atoms with Crippen molar-refractivity contribution in [3.63, 3.8) is 0 Å². The second-order valence-corrected chi connectivity index (χ2v) is 5.02. The van der Waals surface area contributed by atoms with Crippen LogP contribution in [0.15, 0.2) is 16.8 Å². The molecule has 1 amide bonds. The zero-order chi connectivity index (χ0) is 14.8. The number of carbonyl (C=O) groups is 1. The molecule has 112 valence electrons. The summed E-state index contributed by atoms with van der Waals surface area (Å²) >= 11 is 0. The Morgan fingerprint density at radius 2 is 2.43 bits per heavy atom. The highest BCUT2D eigenvalue weighted by Crippen LogP contribution is 2.26. The summed E-state index contributed by atoms with van der Waals surface area (Å²) < 4.78 is 10.7. The highest BCUT2D eigenvalue weighted by Gasteiger charge is 2.33. The second kappa shape index (κ2) is 5.69. The maximum Gasteiger partial charge on any atom is 0.260 e. The van der Waals surface area contributed by atoms with Crippen molar-refractivity contribution in [3.05, 3.63) is 35.0 Å². The number of rotatable bonds is 3. The zero-order valence-corrected chi connectivity index (χ0v) is 12.1. The quantitative estimate of drug-likeness (QED) is 0.925. The number of carbonyl (C=O) groups excluding carboxylic acids is 1. The molecule has 2 aromatic heterocycles. The van der Waals surface area contributed by atoms with Gasteiger partial charge in [-0.05, 0) is 19.4 Å². The van der Waals surface area contributed by atoms with E-state index < -0.39 is 0 Å². The fraction of sp³-hybridized carbons (Fsp3) is 0.500. The maximum absolute atomic E-state index is 12.9. The standard InChI is InChI=1S/C14H18N4O3/c1-3-10-13(9(2)21-17-10)14(19)18-6-7-20-8-12(18)11-4-5-15-16-11/h4-5,12H,3,6-8H2,1-2H3,(H,15,16)/t12-/m1/s1. The lowest BCUT2D eigenvalue weighted by Crippen LogP contribution is -2.44. The lowest BCUT2D eigenvalue weighted by Gasteiger charge is -2.34. The van der Waals surface area contributed by atoms with E-state index in [1.165, 1.54) is 0 Å². The summed E-state index contributed by atoms with van der Waals surface area (Å²) in [6, 6.07) is 1.70. The van der Waals surface area contributed by atoms with Crippen molar-refractivity contribution in [1.29, 1.82) is 0 Å². The van der Waals surface area contributed by atoms with Crippen LogP contribution in [0.1, 0.15) is 40.5 Å². The first kappa shape index (κ1) is 13.8. The summed E-state index contributed by atoms with van der Waals surface area (Å²) in [6.07, 6.45) is 2.34. The van der Waals surface area contributed by atoms with Crippen molar-refractivity contribution in [2.24, 2.45) is 0 Å². The van der Waals surface area contributed by atoms with Gasteiger partial charge in [0, 0.05) is 12.7 Å². The molecular weight excluding hydrogens is 272 g/mol. The van der Waals surface area contributed by atoms with Crippen LogP contribution in [0.5, 0.6) is 0 Å². The van der Waals surface area contributed by atoms with Crippen LogP contribution in [0, 0.1) is 6.92 Å². The van der Waals surface area contributed by atoms with Gasteiger partial charge in [-0.1, -0.05) is 12.1 Å². The Labute approximate surface area is 122 Å². The summed E-state index contributed by atoms with van der Waals surface area (Å²) in [5.41, 5.74) is 2.14. The number of hydrogen-bond donors (Lipinski definition) is 1. The Kier molecular flexibility index (Phi) is 3.74. The summed E-state index contributed by atoms with van der Waals surface area (Å²) in [5.74, 6) is 0.500. The van der Waals surface area contributed by atoms with Gasteiger partial charge in [0.05, 0.1) is 30.6 Å². The zero-order valence-electron chi connectivity index (χ0n) is 12.1. The van der Waals surface area contributed by atoms with Crippen LogP contribution in [0.4, 0.5) is 0 Å². The molecule has 7 nitrogen and oxygen atoms in total. The number of hydrogen-bond acceptors (Lipinski definition) is 5. The van der Waals surface area contributed by atoms with Crippen molar-refractivity contribution < 1.29 is 14.1 Å². The smallest absolute Gasteiger partial charge is 0.260 e. The van der Waals surface area contributed by atoms with Crippen molar-refractivity contribution in [1.82, 2.24) is 20.3 Å². The van der Waals surface area contributed by atoms with E-state index in [9.17, 15) is 4.79 Å². The van der Waals surface area contributed by atoms with Gasteiger partial charge in [0.25, 0.3) is 5.91 Å². The molecule has 0 unspecified atom stereocenters. The molecule has 0 spiro atoms. The Hall–Kier alpha value is -2.15. The molecule has 0 saturated carbocycles. The van der Waals surface area contributed by atoms with Crippen LogP contribution in [0.2, 0.25) is 0 Å². The molecule has 7 heteroatoms. The molecule has 0 bridgehead atoms. The first-order valence-electron chi connectivity index (χ1n) is 7.05. The minimum Gasteiger partial charge on any atom is -0.377 e. The monoisotopic (exact) mass is 290 g/mol. The van der Waals surface area contributed by atoms with E-state index in [0.717, 1.165) is 5.69 Å². The number of aromatic nitrogens is 3. The fourth-order valence-electron chi connectivity index (χ4n) is 2.63. The van der Waals surface area contributed by atoms with Gasteiger partial charge in [-0.25, -0.2) is 0 Å². The van der Waals surface area contributed by atoms with Crippen molar-refractivity contribution in [2.45, 2.75) is 26.3 Å². The van der Waals surface area contributed by atoms with Crippen molar-refractivity contribution >= 4 is 5.91 Å². The molecule has 0 radical (unpaired) electrons. The number of aryl methyl sites for hydroxylation is 2. The molecule has 1 fully saturated rings. The van der Waals surface area contributed by atoms with Gasteiger partial charge in [-0.2, -0.15) is 5.10 Å². The molecule has 0 aromatic carbocycles. The molecule has 1 atom stereocenters. The third-order valence-electron chi connectivity index (χ3n) is 3.75. The highest BCUT2D eigenvalue weighted by atomic mass is 16.5. The van der Waals surface area contributed by atoms with E-state index in [2.05, 4.69) is 15.4 Å². The number of amides is 1. The normalized spacial score (nSPS) is 19.0. The van der Waals surface area contributed by atoms with Gasteiger partial charge in [-0.3, -0.25) is 9.89 Å². The Bertz CT molecular complexity index is 620. The van der Waals surface area contributed by atoms with Crippen LogP contribution in [-0.4, -0.2) is 45.9 Å². The average Bonchev–Trinajstić information content (AvgIpc) is 3.16. The fourth-order valence-corrected chi connectivity index (χ4v) is 2.63. The van der Waals surface area contributed by atoms with Gasteiger partial charge < -0.3 is 14.2 Å². The Morgan fingerprint density at radius 1 is 1.57 bits per heavy atom. The summed E-state index contributed by atoms with van der Waals surface area (Å²) in [5, 5.41) is 10.8. The summed E-state index contributed by atoms with van der Waals surface area (Å²) in [6.45, 7) is 5.25.